The molecule has 0 saturated carbocycles. The number of rotatable bonds is 3. The van der Waals surface area contributed by atoms with Gasteiger partial charge in [0.05, 0.1) is 6.21 Å². The molecule has 0 aromatic heterocycles. The second-order valence-electron chi connectivity index (χ2n) is 3.21. The number of nitrogens with one attached hydrogen (secondary N) is 1. The van der Waals surface area contributed by atoms with Crippen LogP contribution in [0, 0.1) is 10.1 Å². The van der Waals surface area contributed by atoms with Crippen LogP contribution in [0.3, 0.4) is 0 Å². The average Bonchev–Trinajstić information content (AvgIpc) is 2.75. The molecule has 1 heterocycles. The van der Waals surface area contributed by atoms with Gasteiger partial charge in [0, 0.05) is 0 Å². The first kappa shape index (κ1) is 11.6. The third kappa shape index (κ3) is 2.84. The highest BCUT2D eigenvalue weighted by molar-refractivity contribution is 5.82. The largest absolute Gasteiger partial charge is 0.454 e. The van der Waals surface area contributed by atoms with E-state index in [-0.39, 0.29) is 6.79 Å². The minimum absolute atomic E-state index is 0.188. The average molecular weight is 251 g/mol. The van der Waals surface area contributed by atoms with Gasteiger partial charge in [-0.25, -0.2) is 10.1 Å². The van der Waals surface area contributed by atoms with Crippen LogP contribution in [0.5, 0.6) is 11.5 Å². The van der Waals surface area contributed by atoms with Crippen molar-refractivity contribution in [3.63, 3.8) is 0 Å². The zero-order chi connectivity index (χ0) is 13.0. The van der Waals surface area contributed by atoms with Gasteiger partial charge in [0.25, 0.3) is 5.96 Å². The molecular formula is C9H9N5O4. The smallest absolute Gasteiger partial charge is 0.275 e. The number of hydrogen-bond acceptors (Lipinski definition) is 6. The van der Waals surface area contributed by atoms with Gasteiger partial charge in [-0.15, -0.1) is 5.10 Å². The van der Waals surface area contributed by atoms with Crippen molar-refractivity contribution >= 4 is 12.2 Å². The summed E-state index contributed by atoms with van der Waals surface area (Å²) in [6.45, 7) is 0.188. The molecule has 0 aliphatic carbocycles. The second kappa shape index (κ2) is 4.99. The number of benzene rings is 1. The predicted octanol–water partition coefficient (Wildman–Crippen LogP) is -0.155. The molecule has 0 unspecified atom stereocenters. The monoisotopic (exact) mass is 251 g/mol. The Hall–Kier alpha value is -2.84. The van der Waals surface area contributed by atoms with Crippen LogP contribution in [0.4, 0.5) is 0 Å². The standard InChI is InChI=1S/C9H9N5O4/c10-9(13-14(15)16)12-11-4-6-1-2-7-8(3-6)18-5-17-7/h1-4H,5H2,(H3,10,12,13)/b11-4+. The van der Waals surface area contributed by atoms with E-state index in [1.807, 2.05) is 0 Å². The topological polar surface area (TPSA) is 124 Å². The molecule has 9 nitrogen and oxygen atoms in total. The molecule has 9 heteroatoms. The Morgan fingerprint density at radius 1 is 1.50 bits per heavy atom. The fourth-order valence-corrected chi connectivity index (χ4v) is 1.27. The molecule has 3 N–H and O–H groups in total. The van der Waals surface area contributed by atoms with E-state index in [2.05, 4.69) is 10.2 Å². The molecule has 2 rings (SSSR count). The summed E-state index contributed by atoms with van der Waals surface area (Å²) in [5, 5.41) is 16.2. The van der Waals surface area contributed by atoms with Crippen LogP contribution in [0.15, 0.2) is 28.4 Å². The highest BCUT2D eigenvalue weighted by Crippen LogP contribution is 2.31. The first-order valence-electron chi connectivity index (χ1n) is 4.82. The number of hydrogen-bond donors (Lipinski definition) is 2. The lowest BCUT2D eigenvalue weighted by atomic mass is 10.2. The fourth-order valence-electron chi connectivity index (χ4n) is 1.27. The second-order valence-corrected chi connectivity index (χ2v) is 3.21. The van der Waals surface area contributed by atoms with Crippen LogP contribution in [0.25, 0.3) is 0 Å². The molecule has 1 aliphatic heterocycles. The van der Waals surface area contributed by atoms with Crippen molar-refractivity contribution in [3.05, 3.63) is 33.9 Å². The molecule has 18 heavy (non-hydrogen) atoms. The van der Waals surface area contributed by atoms with Gasteiger partial charge < -0.3 is 15.2 Å². The van der Waals surface area contributed by atoms with Crippen molar-refractivity contribution in [1.82, 2.24) is 5.43 Å². The van der Waals surface area contributed by atoms with Crippen molar-refractivity contribution < 1.29 is 14.5 Å². The summed E-state index contributed by atoms with van der Waals surface area (Å²) in [6.07, 6.45) is 1.39. The number of nitrogens with zero attached hydrogens (tertiary/aromatic N) is 3. The highest BCUT2D eigenvalue weighted by atomic mass is 16.7. The van der Waals surface area contributed by atoms with Crippen molar-refractivity contribution in [2.45, 2.75) is 0 Å². The van der Waals surface area contributed by atoms with Crippen molar-refractivity contribution in [3.8, 4) is 11.5 Å². The summed E-state index contributed by atoms with van der Waals surface area (Å²) < 4.78 is 10.3. The maximum atomic E-state index is 10.0. The van der Waals surface area contributed by atoms with Crippen LogP contribution in [0.1, 0.15) is 5.56 Å². The third-order valence-electron chi connectivity index (χ3n) is 1.97. The zero-order valence-electron chi connectivity index (χ0n) is 9.07. The lowest BCUT2D eigenvalue weighted by molar-refractivity contribution is -0.525. The number of nitro groups is 1. The van der Waals surface area contributed by atoms with E-state index in [9.17, 15) is 10.1 Å². The minimum atomic E-state index is -0.824. The first-order valence-corrected chi connectivity index (χ1v) is 4.82. The summed E-state index contributed by atoms with van der Waals surface area (Å²) in [5.41, 5.74) is 7.54. The van der Waals surface area contributed by atoms with E-state index in [1.54, 1.807) is 23.6 Å². The van der Waals surface area contributed by atoms with Gasteiger partial charge in [-0.1, -0.05) is 5.43 Å². The van der Waals surface area contributed by atoms with Gasteiger partial charge in [0.15, 0.2) is 16.5 Å². The van der Waals surface area contributed by atoms with Gasteiger partial charge in [-0.05, 0) is 23.8 Å². The molecule has 0 spiro atoms. The van der Waals surface area contributed by atoms with Crippen molar-refractivity contribution in [2.24, 2.45) is 15.9 Å². The molecule has 0 saturated heterocycles. The lowest BCUT2D eigenvalue weighted by Crippen LogP contribution is -2.35. The molecule has 1 aromatic carbocycles. The maximum absolute atomic E-state index is 10.0. The first-order chi connectivity index (χ1) is 8.65. The minimum Gasteiger partial charge on any atom is -0.454 e. The maximum Gasteiger partial charge on any atom is 0.275 e. The van der Waals surface area contributed by atoms with Gasteiger partial charge in [-0.3, -0.25) is 0 Å². The van der Waals surface area contributed by atoms with E-state index in [4.69, 9.17) is 15.2 Å². The lowest BCUT2D eigenvalue weighted by Gasteiger charge is -1.96. The van der Waals surface area contributed by atoms with Crippen LogP contribution < -0.4 is 20.6 Å². The molecule has 1 aliphatic rings. The normalized spacial score (nSPS) is 13.9. The summed E-state index contributed by atoms with van der Waals surface area (Å²) in [6, 6.07) is 5.17. The van der Waals surface area contributed by atoms with Gasteiger partial charge >= 0.3 is 0 Å². The quantitative estimate of drug-likeness (QED) is 0.333. The fraction of sp³-hybridized carbons (Fsp3) is 0.111. The molecule has 1 aromatic rings. The molecule has 0 amide bonds. The number of nitrogens with two attached hydrogens (primary N) is 1. The van der Waals surface area contributed by atoms with E-state index in [1.165, 1.54) is 6.21 Å². The number of ether oxygens (including phenoxy) is 2. The van der Waals surface area contributed by atoms with E-state index in [0.29, 0.717) is 17.1 Å². The number of guanidine groups is 1. The molecule has 0 bridgehead atoms. The van der Waals surface area contributed by atoms with Gasteiger partial charge in [-0.2, -0.15) is 5.10 Å². The Morgan fingerprint density at radius 3 is 3.06 bits per heavy atom. The number of fused-ring (bicyclic) bond motifs is 1. The molecule has 0 atom stereocenters. The van der Waals surface area contributed by atoms with E-state index in [0.717, 1.165) is 0 Å². The predicted molar refractivity (Wildman–Crippen MR) is 61.9 cm³/mol. The van der Waals surface area contributed by atoms with Crippen LogP contribution in [0.2, 0.25) is 0 Å². The van der Waals surface area contributed by atoms with Crippen LogP contribution in [-0.2, 0) is 0 Å². The van der Waals surface area contributed by atoms with E-state index < -0.39 is 11.0 Å². The molecular weight excluding hydrogens is 242 g/mol. The third-order valence-corrected chi connectivity index (χ3v) is 1.97. The summed E-state index contributed by atoms with van der Waals surface area (Å²) in [4.78, 5) is 10.0. The van der Waals surface area contributed by atoms with Crippen molar-refractivity contribution in [1.29, 1.82) is 0 Å². The van der Waals surface area contributed by atoms with Gasteiger partial charge in [0.1, 0.15) is 0 Å². The van der Waals surface area contributed by atoms with Crippen molar-refractivity contribution in [2.75, 3.05) is 6.79 Å². The molecule has 0 radical (unpaired) electrons. The molecule has 0 fully saturated rings. The summed E-state index contributed by atoms with van der Waals surface area (Å²) in [7, 11) is 0. The SMILES string of the molecule is NC(=N/N=C/c1ccc2c(c1)OCO2)N[N+](=O)[O-]. The Morgan fingerprint density at radius 2 is 2.28 bits per heavy atom. The van der Waals surface area contributed by atoms with E-state index >= 15 is 0 Å². The summed E-state index contributed by atoms with van der Waals surface area (Å²) in [5.74, 6) is 0.862. The highest BCUT2D eigenvalue weighted by Gasteiger charge is 2.12. The number of hydrazine groups is 1. The Bertz CT molecular complexity index is 528. The summed E-state index contributed by atoms with van der Waals surface area (Å²) >= 11 is 0. The Kier molecular flexibility index (Phi) is 3.23. The van der Waals surface area contributed by atoms with Crippen LogP contribution >= 0.6 is 0 Å². The van der Waals surface area contributed by atoms with Gasteiger partial charge in [0.2, 0.25) is 6.79 Å². The molecule has 94 valence electrons. The Labute approximate surface area is 101 Å². The Balaban J connectivity index is 2.03. The zero-order valence-corrected chi connectivity index (χ0v) is 9.07. The van der Waals surface area contributed by atoms with Crippen LogP contribution in [-0.4, -0.2) is 24.0 Å².